The molecule has 2 aliphatic rings. The van der Waals surface area contributed by atoms with Gasteiger partial charge in [-0.15, -0.1) is 0 Å². The first-order chi connectivity index (χ1) is 16.3. The summed E-state index contributed by atoms with van der Waals surface area (Å²) in [4.78, 5) is 20.5. The molecule has 7 nitrogen and oxygen atoms in total. The van der Waals surface area contributed by atoms with Gasteiger partial charge in [-0.05, 0) is 43.7 Å². The van der Waals surface area contributed by atoms with Crippen molar-refractivity contribution in [3.05, 3.63) is 59.4 Å². The number of hydrogen-bond donors (Lipinski definition) is 2. The van der Waals surface area contributed by atoms with Crippen molar-refractivity contribution in [1.82, 2.24) is 4.98 Å². The van der Waals surface area contributed by atoms with Crippen molar-refractivity contribution in [1.29, 1.82) is 5.26 Å². The molecule has 0 radical (unpaired) electrons. The van der Waals surface area contributed by atoms with E-state index in [1.807, 2.05) is 6.07 Å². The summed E-state index contributed by atoms with van der Waals surface area (Å²) in [5.74, 6) is -2.53. The number of aromatic nitrogens is 1. The van der Waals surface area contributed by atoms with Crippen LogP contribution >= 0.6 is 0 Å². The highest BCUT2D eigenvalue weighted by molar-refractivity contribution is 6.02. The molecule has 184 valence electrons. The summed E-state index contributed by atoms with van der Waals surface area (Å²) in [5.41, 5.74) is 0.294. The molecule has 0 saturated carbocycles. The van der Waals surface area contributed by atoms with Gasteiger partial charge >= 0.3 is 6.18 Å². The van der Waals surface area contributed by atoms with E-state index in [1.54, 1.807) is 0 Å². The highest BCUT2D eigenvalue weighted by Gasteiger charge is 2.71. The van der Waals surface area contributed by atoms with Crippen molar-refractivity contribution in [2.75, 3.05) is 11.9 Å². The van der Waals surface area contributed by atoms with E-state index in [1.165, 1.54) is 19.9 Å². The Balaban J connectivity index is 1.83. The van der Waals surface area contributed by atoms with Crippen LogP contribution in [0.25, 0.3) is 0 Å². The fourth-order valence-electron chi connectivity index (χ4n) is 4.95. The average Bonchev–Trinajstić information content (AvgIpc) is 3.08. The molecule has 3 heterocycles. The minimum atomic E-state index is -4.83. The molecule has 1 aromatic carbocycles. The third kappa shape index (κ3) is 3.80. The first-order valence-electron chi connectivity index (χ1n) is 10.4. The van der Waals surface area contributed by atoms with Crippen LogP contribution in [0.3, 0.4) is 0 Å². The molecular weight excluding hydrogens is 473 g/mol. The third-order valence-corrected chi connectivity index (χ3v) is 6.75. The van der Waals surface area contributed by atoms with Crippen molar-refractivity contribution >= 4 is 17.4 Å². The molecule has 2 aliphatic heterocycles. The maximum atomic E-state index is 15.2. The summed E-state index contributed by atoms with van der Waals surface area (Å²) in [6, 6.07) is 7.43. The number of aliphatic imine (C=N–C) groups is 1. The van der Waals surface area contributed by atoms with Crippen LogP contribution in [0, 0.1) is 33.8 Å². The van der Waals surface area contributed by atoms with Crippen LogP contribution in [-0.4, -0.2) is 35.6 Å². The predicted molar refractivity (Wildman–Crippen MR) is 114 cm³/mol. The molecule has 4 rings (SSSR count). The summed E-state index contributed by atoms with van der Waals surface area (Å²) in [5, 5.41) is 12.1. The second-order valence-corrected chi connectivity index (χ2v) is 9.14. The standard InChI is InChI=1S/C23H20F5N5O2/c1-20(10-29)9-21(2)18(23(26,27)28)35-11-22(21,33-19(20)30)14-7-13(4-5-15(14)25)32-17(34)16-6-3-12(24)8-31-16/h3-8,18H,9,11H2,1-2H3,(H2,30,33)(H,32,34)/t18-,20-,21+,22+/m1/s1. The average molecular weight is 493 g/mol. The number of anilines is 1. The van der Waals surface area contributed by atoms with Gasteiger partial charge in [0.1, 0.15) is 34.1 Å². The second kappa shape index (κ2) is 7.98. The number of carbonyl (C=O) groups is 1. The van der Waals surface area contributed by atoms with Gasteiger partial charge in [0.05, 0.1) is 18.9 Å². The molecule has 1 aromatic heterocycles. The maximum Gasteiger partial charge on any atom is 0.415 e. The number of rotatable bonds is 3. The lowest BCUT2D eigenvalue weighted by molar-refractivity contribution is -0.233. The smallest absolute Gasteiger partial charge is 0.386 e. The van der Waals surface area contributed by atoms with Gasteiger partial charge in [0.15, 0.2) is 6.10 Å². The summed E-state index contributed by atoms with van der Waals surface area (Å²) in [7, 11) is 0. The van der Waals surface area contributed by atoms with Crippen molar-refractivity contribution in [2.45, 2.75) is 38.1 Å². The lowest BCUT2D eigenvalue weighted by Crippen LogP contribution is -2.58. The fraction of sp³-hybridized carbons (Fsp3) is 0.391. The quantitative estimate of drug-likeness (QED) is 0.626. The molecule has 4 atom stereocenters. The molecule has 0 spiro atoms. The van der Waals surface area contributed by atoms with Gasteiger partial charge in [-0.1, -0.05) is 6.92 Å². The van der Waals surface area contributed by atoms with Crippen LogP contribution in [0.1, 0.15) is 36.3 Å². The minimum absolute atomic E-state index is 0.0344. The molecule has 3 N–H and O–H groups in total. The molecule has 0 aliphatic carbocycles. The molecule has 1 saturated heterocycles. The number of nitriles is 1. The topological polar surface area (TPSA) is 113 Å². The van der Waals surface area contributed by atoms with E-state index in [4.69, 9.17) is 10.5 Å². The summed E-state index contributed by atoms with van der Waals surface area (Å²) in [6.45, 7) is 1.97. The zero-order chi connectivity index (χ0) is 25.8. The minimum Gasteiger partial charge on any atom is -0.386 e. The lowest BCUT2D eigenvalue weighted by Gasteiger charge is -2.49. The number of hydrogen-bond acceptors (Lipinski definition) is 6. The van der Waals surface area contributed by atoms with Gasteiger partial charge in [-0.3, -0.25) is 9.79 Å². The largest absolute Gasteiger partial charge is 0.415 e. The van der Waals surface area contributed by atoms with Crippen LogP contribution in [0.15, 0.2) is 41.5 Å². The number of nitrogens with zero attached hydrogens (tertiary/aromatic N) is 3. The van der Waals surface area contributed by atoms with Gasteiger partial charge in [-0.25, -0.2) is 13.8 Å². The monoisotopic (exact) mass is 493 g/mol. The number of fused-ring (bicyclic) bond motifs is 1. The summed E-state index contributed by atoms with van der Waals surface area (Å²) >= 11 is 0. The predicted octanol–water partition coefficient (Wildman–Crippen LogP) is 4.07. The number of amides is 1. The van der Waals surface area contributed by atoms with Crippen molar-refractivity contribution in [3.63, 3.8) is 0 Å². The van der Waals surface area contributed by atoms with Crippen molar-refractivity contribution in [3.8, 4) is 6.07 Å². The number of alkyl halides is 3. The zero-order valence-corrected chi connectivity index (χ0v) is 18.6. The molecule has 0 unspecified atom stereocenters. The van der Waals surface area contributed by atoms with Crippen LogP contribution in [-0.2, 0) is 10.3 Å². The first kappa shape index (κ1) is 24.5. The summed E-state index contributed by atoms with van der Waals surface area (Å²) < 4.78 is 75.5. The van der Waals surface area contributed by atoms with E-state index < -0.39 is 59.2 Å². The van der Waals surface area contributed by atoms with Crippen LogP contribution in [0.2, 0.25) is 0 Å². The lowest BCUT2D eigenvalue weighted by atomic mass is 9.57. The van der Waals surface area contributed by atoms with E-state index in [2.05, 4.69) is 15.3 Å². The molecule has 35 heavy (non-hydrogen) atoms. The molecule has 12 heteroatoms. The maximum absolute atomic E-state index is 15.2. The highest BCUT2D eigenvalue weighted by Crippen LogP contribution is 2.62. The second-order valence-electron chi connectivity index (χ2n) is 9.14. The normalized spacial score (nSPS) is 30.2. The Bertz CT molecular complexity index is 1260. The SMILES string of the molecule is C[C@]1(C#N)C[C@@]2(C)[C@H](C(F)(F)F)OC[C@@]2(c2cc(NC(=O)c3ccc(F)cn3)ccc2F)N=C1N. The molecular formula is C23H20F5N5O2. The van der Waals surface area contributed by atoms with Crippen LogP contribution in [0.5, 0.6) is 0 Å². The molecule has 1 amide bonds. The van der Waals surface area contributed by atoms with Gasteiger partial charge in [0.25, 0.3) is 5.91 Å². The third-order valence-electron chi connectivity index (χ3n) is 6.75. The van der Waals surface area contributed by atoms with Gasteiger partial charge in [-0.2, -0.15) is 18.4 Å². The van der Waals surface area contributed by atoms with E-state index in [0.29, 0.717) is 0 Å². The molecule has 1 fully saturated rings. The van der Waals surface area contributed by atoms with Crippen LogP contribution < -0.4 is 11.1 Å². The number of benzene rings is 1. The Labute approximate surface area is 196 Å². The number of nitrogens with two attached hydrogens (primary N) is 1. The first-order valence-corrected chi connectivity index (χ1v) is 10.4. The van der Waals surface area contributed by atoms with Crippen molar-refractivity contribution < 1.29 is 31.5 Å². The number of amidine groups is 1. The number of pyridine rings is 1. The molecule has 2 aromatic rings. The van der Waals surface area contributed by atoms with Gasteiger partial charge in [0.2, 0.25) is 0 Å². The fourth-order valence-corrected chi connectivity index (χ4v) is 4.95. The Morgan fingerprint density at radius 3 is 2.57 bits per heavy atom. The van der Waals surface area contributed by atoms with Crippen LogP contribution in [0.4, 0.5) is 27.6 Å². The van der Waals surface area contributed by atoms with E-state index in [0.717, 1.165) is 30.5 Å². The summed E-state index contributed by atoms with van der Waals surface area (Å²) in [6.07, 6.45) is -6.73. The Morgan fingerprint density at radius 1 is 1.26 bits per heavy atom. The van der Waals surface area contributed by atoms with E-state index >= 15 is 4.39 Å². The Kier molecular flexibility index (Phi) is 5.59. The van der Waals surface area contributed by atoms with E-state index in [9.17, 15) is 27.6 Å². The number of ether oxygens (including phenoxy) is 1. The number of carbonyl (C=O) groups excluding carboxylic acids is 1. The van der Waals surface area contributed by atoms with E-state index in [-0.39, 0.29) is 22.8 Å². The highest BCUT2D eigenvalue weighted by atomic mass is 19.4. The van der Waals surface area contributed by atoms with Crippen molar-refractivity contribution in [2.24, 2.45) is 21.6 Å². The van der Waals surface area contributed by atoms with Gasteiger partial charge in [0, 0.05) is 16.7 Å². The number of halogens is 5. The Hall–Kier alpha value is -3.59. The number of nitrogens with one attached hydrogen (secondary N) is 1. The Morgan fingerprint density at radius 2 is 1.97 bits per heavy atom. The zero-order valence-electron chi connectivity index (χ0n) is 18.6. The molecule has 0 bridgehead atoms. The van der Waals surface area contributed by atoms with Gasteiger partial charge < -0.3 is 15.8 Å².